The van der Waals surface area contributed by atoms with Crippen LogP contribution in [0.2, 0.25) is 0 Å². The average Bonchev–Trinajstić information content (AvgIpc) is 2.75. The summed E-state index contributed by atoms with van der Waals surface area (Å²) >= 11 is 0. The van der Waals surface area contributed by atoms with Crippen LogP contribution in [0.1, 0.15) is 102 Å². The second kappa shape index (κ2) is 14.4. The predicted octanol–water partition coefficient (Wildman–Crippen LogP) is 8.51. The smallest absolute Gasteiger partial charge is 0.125 e. The minimum atomic E-state index is -0.721. The van der Waals surface area contributed by atoms with Gasteiger partial charge in [0.15, 0.2) is 0 Å². The molecule has 0 amide bonds. The molecule has 0 radical (unpaired) electrons. The van der Waals surface area contributed by atoms with Crippen molar-refractivity contribution in [1.29, 1.82) is 0 Å². The summed E-state index contributed by atoms with van der Waals surface area (Å²) in [6.07, 6.45) is 14.5. The Morgan fingerprint density at radius 1 is 0.735 bits per heavy atom. The summed E-state index contributed by atoms with van der Waals surface area (Å²) < 4.78 is 11.4. The van der Waals surface area contributed by atoms with Crippen LogP contribution >= 0.6 is 0 Å². The van der Waals surface area contributed by atoms with Gasteiger partial charge >= 0.3 is 0 Å². The van der Waals surface area contributed by atoms with Crippen molar-refractivity contribution in [3.8, 4) is 11.5 Å². The molecule has 1 atom stereocenters. The minimum absolute atomic E-state index is 0.691. The first kappa shape index (κ1) is 30.0. The lowest BCUT2D eigenvalue weighted by Crippen LogP contribution is -2.25. The van der Waals surface area contributed by atoms with E-state index in [0.717, 1.165) is 78.7 Å². The first-order valence-corrected chi connectivity index (χ1v) is 12.8. The van der Waals surface area contributed by atoms with Crippen molar-refractivity contribution in [2.75, 3.05) is 14.2 Å². The Morgan fingerprint density at radius 3 is 1.76 bits per heavy atom. The molecule has 0 aromatic heterocycles. The van der Waals surface area contributed by atoms with Gasteiger partial charge in [-0.1, -0.05) is 34.9 Å². The fraction of sp³-hybridized carbons (Fsp3) is 0.613. The summed E-state index contributed by atoms with van der Waals surface area (Å²) in [4.78, 5) is 0. The second-order valence-electron chi connectivity index (χ2n) is 10.4. The maximum atomic E-state index is 11.0. The summed E-state index contributed by atoms with van der Waals surface area (Å²) in [5.74, 6) is 1.85. The SMILES string of the molecule is COc1c(C)c(C)c(OC)c(CCC(C)(O)CCC=C(C)CCC=C(C)CCC=C(C)C)c1C. The van der Waals surface area contributed by atoms with Crippen LogP contribution in [0.25, 0.3) is 0 Å². The van der Waals surface area contributed by atoms with E-state index < -0.39 is 5.60 Å². The minimum Gasteiger partial charge on any atom is -0.496 e. The number of benzene rings is 1. The standard InChI is InChI=1S/C31H50O3/c1-22(2)14-11-15-23(3)16-12-17-24(4)18-13-20-31(8,32)21-19-28-27(7)29(33-9)25(5)26(6)30(28)34-10/h14,16,18,32H,11-13,15,17,19-21H2,1-10H3. The van der Waals surface area contributed by atoms with Crippen molar-refractivity contribution in [1.82, 2.24) is 0 Å². The molecule has 1 aromatic rings. The van der Waals surface area contributed by atoms with Gasteiger partial charge in [-0.25, -0.2) is 0 Å². The van der Waals surface area contributed by atoms with Crippen molar-refractivity contribution < 1.29 is 14.6 Å². The molecule has 0 aliphatic heterocycles. The topological polar surface area (TPSA) is 38.7 Å². The molecule has 3 heteroatoms. The fourth-order valence-corrected chi connectivity index (χ4v) is 4.53. The fourth-order valence-electron chi connectivity index (χ4n) is 4.53. The van der Waals surface area contributed by atoms with Gasteiger partial charge in [-0.2, -0.15) is 0 Å². The Bertz CT molecular complexity index is 881. The molecule has 1 N–H and O–H groups in total. The zero-order valence-electron chi connectivity index (χ0n) is 23.7. The molecular formula is C31H50O3. The summed E-state index contributed by atoms with van der Waals surface area (Å²) in [5.41, 5.74) is 8.03. The van der Waals surface area contributed by atoms with E-state index in [9.17, 15) is 5.11 Å². The monoisotopic (exact) mass is 470 g/mol. The zero-order valence-corrected chi connectivity index (χ0v) is 23.7. The van der Waals surface area contributed by atoms with Crippen molar-refractivity contribution in [2.45, 2.75) is 112 Å². The third kappa shape index (κ3) is 9.70. The van der Waals surface area contributed by atoms with Gasteiger partial charge < -0.3 is 14.6 Å². The van der Waals surface area contributed by atoms with Crippen LogP contribution in [0.5, 0.6) is 11.5 Å². The number of hydrogen-bond acceptors (Lipinski definition) is 3. The van der Waals surface area contributed by atoms with E-state index in [1.54, 1.807) is 14.2 Å². The molecular weight excluding hydrogens is 420 g/mol. The van der Waals surface area contributed by atoms with Gasteiger partial charge in [-0.05, 0) is 123 Å². The number of aliphatic hydroxyl groups is 1. The van der Waals surface area contributed by atoms with E-state index >= 15 is 0 Å². The molecule has 0 saturated heterocycles. The summed E-state index contributed by atoms with van der Waals surface area (Å²) in [5, 5.41) is 11.0. The molecule has 0 heterocycles. The Labute approximate surface area is 210 Å². The van der Waals surface area contributed by atoms with Crippen LogP contribution in [0.3, 0.4) is 0 Å². The van der Waals surface area contributed by atoms with E-state index in [-0.39, 0.29) is 0 Å². The molecule has 3 nitrogen and oxygen atoms in total. The highest BCUT2D eigenvalue weighted by atomic mass is 16.5. The Hall–Kier alpha value is -2.00. The largest absolute Gasteiger partial charge is 0.496 e. The average molecular weight is 471 g/mol. The molecule has 192 valence electrons. The maximum Gasteiger partial charge on any atom is 0.125 e. The van der Waals surface area contributed by atoms with Crippen LogP contribution in [0, 0.1) is 20.8 Å². The highest BCUT2D eigenvalue weighted by Crippen LogP contribution is 2.39. The number of rotatable bonds is 14. The van der Waals surface area contributed by atoms with Crippen LogP contribution < -0.4 is 9.47 Å². The van der Waals surface area contributed by atoms with Gasteiger partial charge in [0.05, 0.1) is 19.8 Å². The zero-order chi connectivity index (χ0) is 25.9. The number of hydrogen-bond donors (Lipinski definition) is 1. The molecule has 34 heavy (non-hydrogen) atoms. The lowest BCUT2D eigenvalue weighted by atomic mass is 9.88. The third-order valence-corrected chi connectivity index (χ3v) is 6.93. The normalized spacial score (nSPS) is 14.1. The van der Waals surface area contributed by atoms with Gasteiger partial charge in [-0.15, -0.1) is 0 Å². The Balaban J connectivity index is 2.64. The van der Waals surface area contributed by atoms with E-state index in [1.165, 1.54) is 16.7 Å². The van der Waals surface area contributed by atoms with E-state index in [0.29, 0.717) is 6.42 Å². The van der Waals surface area contributed by atoms with Crippen molar-refractivity contribution in [3.05, 3.63) is 57.2 Å². The first-order chi connectivity index (χ1) is 15.9. The third-order valence-electron chi connectivity index (χ3n) is 6.93. The molecule has 1 aromatic carbocycles. The van der Waals surface area contributed by atoms with Gasteiger partial charge in [0.2, 0.25) is 0 Å². The van der Waals surface area contributed by atoms with Crippen LogP contribution in [0.4, 0.5) is 0 Å². The Kier molecular flexibility index (Phi) is 12.7. The summed E-state index contributed by atoms with van der Waals surface area (Å²) in [6, 6.07) is 0. The number of allylic oxidation sites excluding steroid dienone is 6. The van der Waals surface area contributed by atoms with Crippen molar-refractivity contribution in [2.24, 2.45) is 0 Å². The molecule has 0 bridgehead atoms. The van der Waals surface area contributed by atoms with E-state index in [1.807, 2.05) is 6.92 Å². The second-order valence-corrected chi connectivity index (χ2v) is 10.4. The molecule has 0 aliphatic carbocycles. The lowest BCUT2D eigenvalue weighted by molar-refractivity contribution is 0.0430. The molecule has 1 unspecified atom stereocenters. The Morgan fingerprint density at radius 2 is 1.24 bits per heavy atom. The lowest BCUT2D eigenvalue weighted by Gasteiger charge is -2.25. The maximum absolute atomic E-state index is 11.0. The summed E-state index contributed by atoms with van der Waals surface area (Å²) in [7, 11) is 3.44. The molecule has 0 spiro atoms. The van der Waals surface area contributed by atoms with Crippen molar-refractivity contribution >= 4 is 0 Å². The highest BCUT2D eigenvalue weighted by Gasteiger charge is 2.24. The van der Waals surface area contributed by atoms with Gasteiger partial charge in [0.1, 0.15) is 11.5 Å². The first-order valence-electron chi connectivity index (χ1n) is 12.8. The summed E-state index contributed by atoms with van der Waals surface area (Å²) in [6.45, 7) is 16.9. The van der Waals surface area contributed by atoms with Gasteiger partial charge in [0, 0.05) is 5.56 Å². The predicted molar refractivity (Wildman–Crippen MR) is 147 cm³/mol. The number of ether oxygens (including phenoxy) is 2. The van der Waals surface area contributed by atoms with E-state index in [4.69, 9.17) is 9.47 Å². The molecule has 0 fully saturated rings. The van der Waals surface area contributed by atoms with Crippen LogP contribution in [0.15, 0.2) is 34.9 Å². The van der Waals surface area contributed by atoms with Crippen LogP contribution in [-0.4, -0.2) is 24.9 Å². The highest BCUT2D eigenvalue weighted by molar-refractivity contribution is 5.58. The molecule has 0 saturated carbocycles. The van der Waals surface area contributed by atoms with Gasteiger partial charge in [0.25, 0.3) is 0 Å². The van der Waals surface area contributed by atoms with Crippen LogP contribution in [-0.2, 0) is 6.42 Å². The van der Waals surface area contributed by atoms with Crippen molar-refractivity contribution in [3.63, 3.8) is 0 Å². The quantitative estimate of drug-likeness (QED) is 0.277. The molecule has 1 rings (SSSR count). The van der Waals surface area contributed by atoms with E-state index in [2.05, 4.69) is 66.7 Å². The van der Waals surface area contributed by atoms with Gasteiger partial charge in [-0.3, -0.25) is 0 Å². The number of methoxy groups -OCH3 is 2. The molecule has 0 aliphatic rings.